The SMILES string of the molecule is CCCCNC(=O)[C@H](C)N(Cc1ccc(Br)cc1)C(=O)CN(c1cccc(Cl)c1)S(=O)(=O)c1ccc(OC)cc1. The van der Waals surface area contributed by atoms with E-state index in [1.54, 1.807) is 25.1 Å². The molecular weight excluding hydrogens is 618 g/mol. The van der Waals surface area contributed by atoms with Gasteiger partial charge in [-0.3, -0.25) is 13.9 Å². The second-order valence-electron chi connectivity index (χ2n) is 9.14. The first-order valence-corrected chi connectivity index (χ1v) is 15.4. The van der Waals surface area contributed by atoms with Gasteiger partial charge in [-0.1, -0.05) is 59.1 Å². The van der Waals surface area contributed by atoms with Crippen molar-refractivity contribution < 1.29 is 22.7 Å². The molecule has 0 heterocycles. The predicted octanol–water partition coefficient (Wildman–Crippen LogP) is 5.64. The van der Waals surface area contributed by atoms with Crippen LogP contribution in [0, 0.1) is 0 Å². The first kappa shape index (κ1) is 31.4. The number of ether oxygens (including phenoxy) is 1. The van der Waals surface area contributed by atoms with Gasteiger partial charge in [0, 0.05) is 22.6 Å². The fourth-order valence-electron chi connectivity index (χ4n) is 3.94. The zero-order valence-corrected chi connectivity index (χ0v) is 25.8. The third-order valence-electron chi connectivity index (χ3n) is 6.29. The van der Waals surface area contributed by atoms with Crippen LogP contribution in [0.4, 0.5) is 5.69 Å². The van der Waals surface area contributed by atoms with E-state index in [9.17, 15) is 18.0 Å². The van der Waals surface area contributed by atoms with Crippen molar-refractivity contribution in [1.82, 2.24) is 10.2 Å². The molecule has 2 amide bonds. The van der Waals surface area contributed by atoms with Gasteiger partial charge in [-0.2, -0.15) is 0 Å². The van der Waals surface area contributed by atoms with Gasteiger partial charge >= 0.3 is 0 Å². The second-order valence-corrected chi connectivity index (χ2v) is 12.4. The molecule has 0 aliphatic heterocycles. The van der Waals surface area contributed by atoms with E-state index in [1.165, 1.54) is 42.3 Å². The molecule has 0 fully saturated rings. The van der Waals surface area contributed by atoms with Gasteiger partial charge in [0.15, 0.2) is 0 Å². The van der Waals surface area contributed by atoms with Crippen molar-refractivity contribution in [3.8, 4) is 5.75 Å². The molecule has 1 atom stereocenters. The number of benzene rings is 3. The lowest BCUT2D eigenvalue weighted by Gasteiger charge is -2.32. The molecule has 1 N–H and O–H groups in total. The minimum absolute atomic E-state index is 0.0223. The van der Waals surface area contributed by atoms with Crippen LogP contribution in [0.3, 0.4) is 0 Å². The summed E-state index contributed by atoms with van der Waals surface area (Å²) in [6.07, 6.45) is 1.72. The number of anilines is 1. The third kappa shape index (κ3) is 8.22. The highest BCUT2D eigenvalue weighted by Gasteiger charge is 2.32. The summed E-state index contributed by atoms with van der Waals surface area (Å²) >= 11 is 9.61. The molecule has 8 nitrogen and oxygen atoms in total. The number of carbonyl (C=O) groups is 2. The Balaban J connectivity index is 2.00. The minimum atomic E-state index is -4.20. The first-order chi connectivity index (χ1) is 19.1. The predicted molar refractivity (Wildman–Crippen MR) is 161 cm³/mol. The summed E-state index contributed by atoms with van der Waals surface area (Å²) < 4.78 is 34.8. The van der Waals surface area contributed by atoms with E-state index in [4.69, 9.17) is 16.3 Å². The molecule has 0 aromatic heterocycles. The Morgan fingerprint density at radius 1 is 1.05 bits per heavy atom. The van der Waals surface area contributed by atoms with Crippen molar-refractivity contribution in [3.05, 3.63) is 87.9 Å². The number of hydrogen-bond acceptors (Lipinski definition) is 5. The number of nitrogens with zero attached hydrogens (tertiary/aromatic N) is 2. The zero-order valence-electron chi connectivity index (χ0n) is 22.6. The number of unbranched alkanes of at least 4 members (excludes halogenated alkanes) is 1. The molecule has 40 heavy (non-hydrogen) atoms. The van der Waals surface area contributed by atoms with Gasteiger partial charge < -0.3 is 15.0 Å². The smallest absolute Gasteiger partial charge is 0.264 e. The number of nitrogens with one attached hydrogen (secondary N) is 1. The van der Waals surface area contributed by atoms with E-state index >= 15 is 0 Å². The Labute approximate surface area is 249 Å². The number of amides is 2. The van der Waals surface area contributed by atoms with E-state index < -0.39 is 28.5 Å². The van der Waals surface area contributed by atoms with Crippen molar-refractivity contribution in [3.63, 3.8) is 0 Å². The maximum absolute atomic E-state index is 13.9. The Morgan fingerprint density at radius 2 is 1.73 bits per heavy atom. The molecule has 214 valence electrons. The molecule has 3 aromatic carbocycles. The monoisotopic (exact) mass is 649 g/mol. The lowest BCUT2D eigenvalue weighted by atomic mass is 10.1. The Morgan fingerprint density at radius 3 is 2.33 bits per heavy atom. The Kier molecular flexibility index (Phi) is 11.4. The summed E-state index contributed by atoms with van der Waals surface area (Å²) in [6.45, 7) is 3.71. The Bertz CT molecular complexity index is 1400. The van der Waals surface area contributed by atoms with Crippen LogP contribution >= 0.6 is 27.5 Å². The van der Waals surface area contributed by atoms with Gasteiger partial charge in [0.25, 0.3) is 10.0 Å². The molecule has 3 rings (SSSR count). The van der Waals surface area contributed by atoms with Gasteiger partial charge in [0.1, 0.15) is 18.3 Å². The minimum Gasteiger partial charge on any atom is -0.497 e. The largest absolute Gasteiger partial charge is 0.497 e. The van der Waals surface area contributed by atoms with Crippen LogP contribution in [0.1, 0.15) is 32.3 Å². The average Bonchev–Trinajstić information content (AvgIpc) is 2.95. The fraction of sp³-hybridized carbons (Fsp3) is 0.310. The van der Waals surface area contributed by atoms with E-state index in [0.29, 0.717) is 17.3 Å². The molecule has 0 saturated heterocycles. The van der Waals surface area contributed by atoms with Crippen LogP contribution in [0.15, 0.2) is 82.2 Å². The van der Waals surface area contributed by atoms with E-state index in [-0.39, 0.29) is 23.0 Å². The molecule has 0 spiro atoms. The molecule has 3 aromatic rings. The topological polar surface area (TPSA) is 96.0 Å². The highest BCUT2D eigenvalue weighted by molar-refractivity contribution is 9.10. The lowest BCUT2D eigenvalue weighted by Crippen LogP contribution is -2.51. The van der Waals surface area contributed by atoms with Gasteiger partial charge in [0.05, 0.1) is 17.7 Å². The van der Waals surface area contributed by atoms with Crippen LogP contribution in [-0.4, -0.2) is 51.4 Å². The second kappa shape index (κ2) is 14.5. The first-order valence-electron chi connectivity index (χ1n) is 12.8. The van der Waals surface area contributed by atoms with Crippen molar-refractivity contribution in [2.24, 2.45) is 0 Å². The maximum atomic E-state index is 13.9. The van der Waals surface area contributed by atoms with Crippen LogP contribution in [0.25, 0.3) is 0 Å². The zero-order chi connectivity index (χ0) is 29.3. The average molecular weight is 651 g/mol. The van der Waals surface area contributed by atoms with Crippen LogP contribution in [0.5, 0.6) is 5.75 Å². The normalized spacial score (nSPS) is 11.9. The van der Waals surface area contributed by atoms with E-state index in [1.807, 2.05) is 31.2 Å². The molecule has 0 unspecified atom stereocenters. The van der Waals surface area contributed by atoms with Gasteiger partial charge in [-0.25, -0.2) is 8.42 Å². The molecule has 0 aliphatic carbocycles. The summed E-state index contributed by atoms with van der Waals surface area (Å²) in [5.41, 5.74) is 1.01. The summed E-state index contributed by atoms with van der Waals surface area (Å²) in [7, 11) is -2.72. The molecule has 0 saturated carbocycles. The third-order valence-corrected chi connectivity index (χ3v) is 8.84. The highest BCUT2D eigenvalue weighted by atomic mass is 79.9. The van der Waals surface area contributed by atoms with E-state index in [2.05, 4.69) is 21.2 Å². The van der Waals surface area contributed by atoms with Crippen molar-refractivity contribution >= 4 is 55.1 Å². The van der Waals surface area contributed by atoms with Gasteiger partial charge in [-0.15, -0.1) is 0 Å². The molecule has 0 aliphatic rings. The fourth-order valence-corrected chi connectivity index (χ4v) is 5.79. The van der Waals surface area contributed by atoms with Crippen molar-refractivity contribution in [2.45, 2.75) is 44.2 Å². The quantitative estimate of drug-likeness (QED) is 0.242. The van der Waals surface area contributed by atoms with Crippen molar-refractivity contribution in [1.29, 1.82) is 0 Å². The number of sulfonamides is 1. The maximum Gasteiger partial charge on any atom is 0.264 e. The Hall–Kier alpha value is -3.08. The van der Waals surface area contributed by atoms with Gasteiger partial charge in [-0.05, 0) is 73.5 Å². The summed E-state index contributed by atoms with van der Waals surface area (Å²) in [5.74, 6) is -0.364. The van der Waals surface area contributed by atoms with Gasteiger partial charge in [0.2, 0.25) is 11.8 Å². The van der Waals surface area contributed by atoms with E-state index in [0.717, 1.165) is 27.2 Å². The number of halogens is 2. The van der Waals surface area contributed by atoms with Crippen LogP contribution < -0.4 is 14.4 Å². The molecule has 0 bridgehead atoms. The summed E-state index contributed by atoms with van der Waals surface area (Å²) in [4.78, 5) is 28.3. The number of hydrogen-bond donors (Lipinski definition) is 1. The molecule has 0 radical (unpaired) electrons. The molecule has 11 heteroatoms. The van der Waals surface area contributed by atoms with Crippen LogP contribution in [0.2, 0.25) is 5.02 Å². The standard InChI is InChI=1S/C29H33BrClN3O5S/c1-4-5-17-32-29(36)21(2)33(19-22-9-11-23(30)12-10-22)28(35)20-34(25-8-6-7-24(31)18-25)40(37,38)27-15-13-26(39-3)14-16-27/h6-16,18,21H,4-5,17,19-20H2,1-3H3,(H,32,36)/t21-/m0/s1. The highest BCUT2D eigenvalue weighted by Crippen LogP contribution is 2.28. The number of carbonyl (C=O) groups excluding carboxylic acids is 2. The lowest BCUT2D eigenvalue weighted by molar-refractivity contribution is -0.139. The number of rotatable bonds is 13. The summed E-state index contributed by atoms with van der Waals surface area (Å²) in [6, 6.07) is 18.7. The number of methoxy groups -OCH3 is 1. The van der Waals surface area contributed by atoms with Crippen molar-refractivity contribution in [2.75, 3.05) is 24.5 Å². The van der Waals surface area contributed by atoms with Crippen LogP contribution in [-0.2, 0) is 26.2 Å². The molecular formula is C29H33BrClN3O5S. The summed E-state index contributed by atoms with van der Waals surface area (Å²) in [5, 5.41) is 3.19.